The first-order chi connectivity index (χ1) is 10.3. The van der Waals surface area contributed by atoms with E-state index in [0.717, 1.165) is 12.8 Å². The van der Waals surface area contributed by atoms with Crippen molar-refractivity contribution in [3.8, 4) is 0 Å². The summed E-state index contributed by atoms with van der Waals surface area (Å²) in [6, 6.07) is -0.190. The van der Waals surface area contributed by atoms with Gasteiger partial charge < -0.3 is 24.8 Å². The van der Waals surface area contributed by atoms with E-state index in [1.807, 2.05) is 0 Å². The monoisotopic (exact) mass is 329 g/mol. The van der Waals surface area contributed by atoms with Crippen LogP contribution in [0.5, 0.6) is 0 Å². The predicted molar refractivity (Wildman–Crippen MR) is 77.2 cm³/mol. The van der Waals surface area contributed by atoms with Crippen LogP contribution in [-0.4, -0.2) is 41.8 Å². The number of fused-ring (bicyclic) bond motifs is 1. The molecule has 0 bridgehead atoms. The van der Waals surface area contributed by atoms with Crippen LogP contribution in [0.1, 0.15) is 25.3 Å². The van der Waals surface area contributed by atoms with Crippen molar-refractivity contribution in [1.82, 2.24) is 19.5 Å². The molecule has 120 valence electrons. The molecule has 11 heteroatoms. The van der Waals surface area contributed by atoms with Crippen LogP contribution < -0.4 is 11.3 Å². The summed E-state index contributed by atoms with van der Waals surface area (Å²) in [6.07, 6.45) is 2.74. The molecule has 5 N–H and O–H groups in total. The predicted octanol–water partition coefficient (Wildman–Crippen LogP) is -0.0528. The van der Waals surface area contributed by atoms with Gasteiger partial charge in [-0.2, -0.15) is 4.98 Å². The molecule has 0 aromatic carbocycles. The number of hydrogen-bond acceptors (Lipinski definition) is 6. The highest BCUT2D eigenvalue weighted by Gasteiger charge is 2.32. The van der Waals surface area contributed by atoms with E-state index in [2.05, 4.69) is 15.0 Å². The molecule has 0 spiro atoms. The Morgan fingerprint density at radius 1 is 1.50 bits per heavy atom. The fraction of sp³-hybridized carbons (Fsp3) is 0.545. The molecule has 1 saturated carbocycles. The standard InChI is InChI=1S/C11H16N5O5P/c12-11-14-9-8(10(17)15-11)13-4-16(9)6-2-1-3-7(6)21-5-22(18,19)20/h4,6-7H,1-3,5H2,(H2,18,19,20)(H3,12,14,15,17)/t6-,7-/m0/s1. The zero-order valence-electron chi connectivity index (χ0n) is 11.5. The van der Waals surface area contributed by atoms with Gasteiger partial charge in [-0.15, -0.1) is 0 Å². The van der Waals surface area contributed by atoms with E-state index in [1.165, 1.54) is 6.33 Å². The highest BCUT2D eigenvalue weighted by Crippen LogP contribution is 2.39. The van der Waals surface area contributed by atoms with Crippen molar-refractivity contribution in [3.05, 3.63) is 16.7 Å². The first-order valence-electron chi connectivity index (χ1n) is 6.73. The topological polar surface area (TPSA) is 156 Å². The molecule has 0 aliphatic heterocycles. The third-order valence-electron chi connectivity index (χ3n) is 3.68. The van der Waals surface area contributed by atoms with Gasteiger partial charge in [-0.3, -0.25) is 14.3 Å². The molecular formula is C11H16N5O5P. The van der Waals surface area contributed by atoms with Crippen LogP contribution in [0.3, 0.4) is 0 Å². The van der Waals surface area contributed by atoms with Gasteiger partial charge in [-0.05, 0) is 19.3 Å². The number of aromatic nitrogens is 4. The Labute approximate surface area is 124 Å². The Kier molecular flexibility index (Phi) is 3.77. The molecular weight excluding hydrogens is 313 g/mol. The van der Waals surface area contributed by atoms with Crippen molar-refractivity contribution in [1.29, 1.82) is 0 Å². The van der Waals surface area contributed by atoms with Gasteiger partial charge in [-0.25, -0.2) is 4.98 Å². The van der Waals surface area contributed by atoms with Gasteiger partial charge in [0.25, 0.3) is 5.56 Å². The highest BCUT2D eigenvalue weighted by atomic mass is 31.2. The van der Waals surface area contributed by atoms with E-state index in [0.29, 0.717) is 12.1 Å². The highest BCUT2D eigenvalue weighted by molar-refractivity contribution is 7.51. The van der Waals surface area contributed by atoms with Crippen LogP contribution in [0.2, 0.25) is 0 Å². The van der Waals surface area contributed by atoms with Crippen molar-refractivity contribution in [2.75, 3.05) is 12.1 Å². The third-order valence-corrected chi connectivity index (χ3v) is 4.17. The van der Waals surface area contributed by atoms with Crippen molar-refractivity contribution < 1.29 is 19.1 Å². The lowest BCUT2D eigenvalue weighted by Crippen LogP contribution is -2.23. The number of H-pyrrole nitrogens is 1. The molecule has 3 rings (SSSR count). The number of aromatic amines is 1. The lowest BCUT2D eigenvalue weighted by atomic mass is 10.2. The van der Waals surface area contributed by atoms with E-state index in [9.17, 15) is 9.36 Å². The Morgan fingerprint density at radius 2 is 2.27 bits per heavy atom. The van der Waals surface area contributed by atoms with Crippen LogP contribution in [0.4, 0.5) is 5.95 Å². The van der Waals surface area contributed by atoms with Crippen LogP contribution >= 0.6 is 7.60 Å². The SMILES string of the molecule is Nc1nc2c(ncn2[C@H]2CCC[C@@H]2OCP(=O)(O)O)c(=O)[nH]1. The van der Waals surface area contributed by atoms with Gasteiger partial charge in [-0.1, -0.05) is 0 Å². The number of anilines is 1. The van der Waals surface area contributed by atoms with Crippen molar-refractivity contribution in [3.63, 3.8) is 0 Å². The summed E-state index contributed by atoms with van der Waals surface area (Å²) in [5, 5.41) is 0. The fourth-order valence-corrected chi connectivity index (χ4v) is 3.18. The largest absolute Gasteiger partial charge is 0.369 e. The Balaban J connectivity index is 1.93. The second kappa shape index (κ2) is 5.47. The molecule has 0 unspecified atom stereocenters. The number of nitrogens with two attached hydrogens (primary N) is 1. The average molecular weight is 329 g/mol. The van der Waals surface area contributed by atoms with Crippen molar-refractivity contribution >= 4 is 24.7 Å². The minimum absolute atomic E-state index is 0.00932. The fourth-order valence-electron chi connectivity index (χ4n) is 2.80. The van der Waals surface area contributed by atoms with E-state index in [-0.39, 0.29) is 23.6 Å². The summed E-state index contributed by atoms with van der Waals surface area (Å²) in [5.41, 5.74) is 5.66. The maximum Gasteiger partial charge on any atom is 0.350 e. The lowest BCUT2D eigenvalue weighted by Gasteiger charge is -2.22. The van der Waals surface area contributed by atoms with Gasteiger partial charge in [0, 0.05) is 0 Å². The van der Waals surface area contributed by atoms with Gasteiger partial charge in [0.2, 0.25) is 5.95 Å². The Morgan fingerprint density at radius 3 is 3.00 bits per heavy atom. The minimum atomic E-state index is -4.22. The van der Waals surface area contributed by atoms with Crippen LogP contribution in [0, 0.1) is 0 Å². The van der Waals surface area contributed by atoms with Crippen LogP contribution in [0.15, 0.2) is 11.1 Å². The molecule has 0 amide bonds. The number of imidazole rings is 1. The van der Waals surface area contributed by atoms with Gasteiger partial charge in [0.1, 0.15) is 6.35 Å². The van der Waals surface area contributed by atoms with E-state index in [1.54, 1.807) is 4.57 Å². The second-order valence-corrected chi connectivity index (χ2v) is 6.86. The molecule has 22 heavy (non-hydrogen) atoms. The smallest absolute Gasteiger partial charge is 0.350 e. The van der Waals surface area contributed by atoms with Crippen molar-refractivity contribution in [2.24, 2.45) is 0 Å². The first-order valence-corrected chi connectivity index (χ1v) is 8.53. The molecule has 2 aromatic rings. The molecule has 2 aromatic heterocycles. The Hall–Kier alpha value is -1.74. The summed E-state index contributed by atoms with van der Waals surface area (Å²) in [4.78, 5) is 40.2. The minimum Gasteiger partial charge on any atom is -0.369 e. The number of rotatable bonds is 4. The maximum absolute atomic E-state index is 11.8. The molecule has 2 heterocycles. The van der Waals surface area contributed by atoms with Gasteiger partial charge in [0.15, 0.2) is 11.2 Å². The number of ether oxygens (including phenoxy) is 1. The number of nitrogens with zero attached hydrogens (tertiary/aromatic N) is 3. The van der Waals surface area contributed by atoms with E-state index < -0.39 is 19.5 Å². The van der Waals surface area contributed by atoms with E-state index >= 15 is 0 Å². The third kappa shape index (κ3) is 2.91. The summed E-state index contributed by atoms with van der Waals surface area (Å²) < 4.78 is 18.0. The first kappa shape index (κ1) is 15.2. The zero-order chi connectivity index (χ0) is 15.9. The summed E-state index contributed by atoms with van der Waals surface area (Å²) in [5.74, 6) is -0.00932. The summed E-state index contributed by atoms with van der Waals surface area (Å²) in [6.45, 7) is 0. The van der Waals surface area contributed by atoms with Gasteiger partial charge >= 0.3 is 7.60 Å². The number of nitrogen functional groups attached to an aromatic ring is 1. The zero-order valence-corrected chi connectivity index (χ0v) is 12.4. The molecule has 1 aliphatic carbocycles. The molecule has 2 atom stereocenters. The Bertz CT molecular complexity index is 796. The molecule has 0 saturated heterocycles. The number of nitrogens with one attached hydrogen (secondary N) is 1. The summed E-state index contributed by atoms with van der Waals surface area (Å²) in [7, 11) is -4.22. The molecule has 1 fully saturated rings. The molecule has 0 radical (unpaired) electrons. The van der Waals surface area contributed by atoms with Crippen molar-refractivity contribution in [2.45, 2.75) is 31.4 Å². The summed E-state index contributed by atoms with van der Waals surface area (Å²) >= 11 is 0. The van der Waals surface area contributed by atoms with Crippen LogP contribution in [-0.2, 0) is 9.30 Å². The maximum atomic E-state index is 11.8. The molecule has 10 nitrogen and oxygen atoms in total. The lowest BCUT2D eigenvalue weighted by molar-refractivity contribution is 0.0522. The van der Waals surface area contributed by atoms with Gasteiger partial charge in [0.05, 0.1) is 18.5 Å². The normalized spacial score (nSPS) is 22.5. The quantitative estimate of drug-likeness (QED) is 0.569. The average Bonchev–Trinajstić information content (AvgIpc) is 3.00. The molecule has 1 aliphatic rings. The second-order valence-electron chi connectivity index (χ2n) is 5.27. The number of hydrogen-bond donors (Lipinski definition) is 4. The van der Waals surface area contributed by atoms with Crippen LogP contribution in [0.25, 0.3) is 11.2 Å². The van der Waals surface area contributed by atoms with E-state index in [4.69, 9.17) is 20.3 Å².